The highest BCUT2D eigenvalue weighted by atomic mass is 32.1. The van der Waals surface area contributed by atoms with Crippen molar-refractivity contribution in [2.75, 3.05) is 9.80 Å². The summed E-state index contributed by atoms with van der Waals surface area (Å²) in [6.45, 7) is 4.69. The summed E-state index contributed by atoms with van der Waals surface area (Å²) in [6.07, 6.45) is 12.5. The molecule has 0 N–H and O–H groups in total. The van der Waals surface area contributed by atoms with Crippen LogP contribution < -0.4 is 9.80 Å². The fourth-order valence-electron chi connectivity index (χ4n) is 9.81. The van der Waals surface area contributed by atoms with Crippen LogP contribution >= 0.6 is 11.3 Å². The summed E-state index contributed by atoms with van der Waals surface area (Å²) in [7, 11) is 0. The molecule has 1 fully saturated rings. The average molecular weight is 789 g/mol. The first-order chi connectivity index (χ1) is 29.1. The third kappa shape index (κ3) is 7.94. The molecule has 0 amide bonds. The minimum atomic E-state index is -0.0997. The van der Waals surface area contributed by atoms with Crippen molar-refractivity contribution < 1.29 is 0 Å². The third-order valence-electron chi connectivity index (χ3n) is 13.0. The van der Waals surface area contributed by atoms with Gasteiger partial charge in [0.25, 0.3) is 0 Å². The normalized spacial score (nSPS) is 14.3. The fraction of sp³-hybridized carbons (Fsp3) is 0.250. The first-order valence-electron chi connectivity index (χ1n) is 22.1. The van der Waals surface area contributed by atoms with E-state index in [1.807, 2.05) is 11.3 Å². The maximum atomic E-state index is 2.42. The molecule has 296 valence electrons. The lowest BCUT2D eigenvalue weighted by Crippen LogP contribution is -2.27. The molecule has 9 rings (SSSR count). The van der Waals surface area contributed by atoms with E-state index in [1.54, 1.807) is 0 Å². The standard InChI is InChI=1S/C56H56N2S/c1-3-5-17-40-56(4-2,44-28-34-49(35-29-44)57(46-20-11-7-12-21-46)48-32-26-43(27-33-48)42-18-9-6-10-19-42)45-30-36-50(37-31-45)58(47-22-13-8-14-23-47)51-38-39-55-53(41-51)52-24-15-16-25-54(52)59-55/h7-8,11-16,20-39,41-42H,3-6,9-10,17-19,40H2,1-2H3. The fourth-order valence-corrected chi connectivity index (χ4v) is 10.9. The first-order valence-corrected chi connectivity index (χ1v) is 22.9. The summed E-state index contributed by atoms with van der Waals surface area (Å²) in [6, 6.07) is 65.9. The summed E-state index contributed by atoms with van der Waals surface area (Å²) in [5, 5.41) is 2.63. The molecule has 1 unspecified atom stereocenters. The number of fused-ring (bicyclic) bond motifs is 3. The molecular formula is C56H56N2S. The maximum absolute atomic E-state index is 2.42. The van der Waals surface area contributed by atoms with Gasteiger partial charge in [0.1, 0.15) is 0 Å². The predicted molar refractivity (Wildman–Crippen MR) is 256 cm³/mol. The van der Waals surface area contributed by atoms with Crippen molar-refractivity contribution in [1.29, 1.82) is 0 Å². The van der Waals surface area contributed by atoms with Gasteiger partial charge in [0, 0.05) is 59.7 Å². The molecule has 1 saturated carbocycles. The highest BCUT2D eigenvalue weighted by Gasteiger charge is 2.33. The van der Waals surface area contributed by atoms with E-state index in [-0.39, 0.29) is 5.41 Å². The zero-order chi connectivity index (χ0) is 40.0. The van der Waals surface area contributed by atoms with Crippen molar-refractivity contribution >= 4 is 65.6 Å². The highest BCUT2D eigenvalue weighted by Crippen LogP contribution is 2.45. The van der Waals surface area contributed by atoms with Gasteiger partial charge < -0.3 is 9.80 Å². The van der Waals surface area contributed by atoms with Crippen molar-refractivity contribution in [2.45, 2.75) is 89.4 Å². The number of benzene rings is 7. The second-order valence-corrected chi connectivity index (χ2v) is 17.6. The second kappa shape index (κ2) is 17.7. The molecular weight excluding hydrogens is 733 g/mol. The summed E-state index contributed by atoms with van der Waals surface area (Å²) in [5.74, 6) is 0.698. The van der Waals surface area contributed by atoms with Crippen LogP contribution in [0.15, 0.2) is 176 Å². The van der Waals surface area contributed by atoms with Gasteiger partial charge in [0.15, 0.2) is 0 Å². The number of thiophene rings is 1. The smallest absolute Gasteiger partial charge is 0.0468 e. The molecule has 8 aromatic rings. The monoisotopic (exact) mass is 788 g/mol. The van der Waals surface area contributed by atoms with Crippen molar-refractivity contribution in [3.8, 4) is 0 Å². The van der Waals surface area contributed by atoms with Crippen molar-refractivity contribution in [3.63, 3.8) is 0 Å². The Bertz CT molecular complexity index is 2570. The summed E-state index contributed by atoms with van der Waals surface area (Å²) >= 11 is 1.87. The number of rotatable bonds is 14. The molecule has 0 bridgehead atoms. The van der Waals surface area contributed by atoms with Crippen LogP contribution in [0.25, 0.3) is 20.2 Å². The molecule has 1 aliphatic carbocycles. The lowest BCUT2D eigenvalue weighted by molar-refractivity contribution is 0.431. The Balaban J connectivity index is 1.07. The average Bonchev–Trinajstić information content (AvgIpc) is 3.68. The molecule has 0 saturated heterocycles. The Morgan fingerprint density at radius 1 is 0.475 bits per heavy atom. The van der Waals surface area contributed by atoms with Gasteiger partial charge in [-0.25, -0.2) is 0 Å². The number of hydrogen-bond donors (Lipinski definition) is 0. The van der Waals surface area contributed by atoms with Crippen molar-refractivity contribution in [1.82, 2.24) is 0 Å². The number of unbranched alkanes of at least 4 members (excludes halogenated alkanes) is 2. The molecule has 1 atom stereocenters. The van der Waals surface area contributed by atoms with E-state index in [9.17, 15) is 0 Å². The molecule has 1 aromatic heterocycles. The van der Waals surface area contributed by atoms with Crippen LogP contribution in [0.2, 0.25) is 0 Å². The number of anilines is 6. The molecule has 59 heavy (non-hydrogen) atoms. The van der Waals surface area contributed by atoms with Gasteiger partial charge in [0.2, 0.25) is 0 Å². The van der Waals surface area contributed by atoms with Crippen LogP contribution in [-0.4, -0.2) is 0 Å². The summed E-state index contributed by atoms with van der Waals surface area (Å²) in [5.41, 5.74) is 11.2. The Morgan fingerprint density at radius 2 is 0.966 bits per heavy atom. The van der Waals surface area contributed by atoms with Crippen LogP contribution in [-0.2, 0) is 5.41 Å². The van der Waals surface area contributed by atoms with E-state index in [4.69, 9.17) is 0 Å². The topological polar surface area (TPSA) is 6.48 Å². The summed E-state index contributed by atoms with van der Waals surface area (Å²) < 4.78 is 2.65. The van der Waals surface area contributed by atoms with E-state index in [0.29, 0.717) is 5.92 Å². The van der Waals surface area contributed by atoms with Gasteiger partial charge in [-0.15, -0.1) is 11.3 Å². The van der Waals surface area contributed by atoms with Crippen LogP contribution in [0, 0.1) is 0 Å². The zero-order valence-corrected chi connectivity index (χ0v) is 35.5. The van der Waals surface area contributed by atoms with Gasteiger partial charge in [-0.05, 0) is 133 Å². The molecule has 0 spiro atoms. The molecule has 0 radical (unpaired) electrons. The second-order valence-electron chi connectivity index (χ2n) is 16.5. The molecule has 7 aromatic carbocycles. The minimum absolute atomic E-state index is 0.0997. The third-order valence-corrected chi connectivity index (χ3v) is 14.2. The zero-order valence-electron chi connectivity index (χ0n) is 34.7. The van der Waals surface area contributed by atoms with Gasteiger partial charge in [-0.3, -0.25) is 0 Å². The SMILES string of the molecule is CCCCCC(CC)(c1ccc(N(c2ccccc2)c2ccc(C3CCCCC3)cc2)cc1)c1ccc(N(c2ccccc2)c2ccc3sc4ccccc4c3c2)cc1. The molecule has 0 aliphatic heterocycles. The first kappa shape index (κ1) is 38.9. The van der Waals surface area contributed by atoms with Crippen molar-refractivity contribution in [2.24, 2.45) is 0 Å². The van der Waals surface area contributed by atoms with E-state index in [0.717, 1.165) is 18.5 Å². The van der Waals surface area contributed by atoms with Crippen LogP contribution in [0.4, 0.5) is 34.1 Å². The van der Waals surface area contributed by atoms with Crippen LogP contribution in [0.5, 0.6) is 0 Å². The Kier molecular flexibility index (Phi) is 11.7. The van der Waals surface area contributed by atoms with Gasteiger partial charge in [-0.1, -0.05) is 143 Å². The molecule has 1 heterocycles. The maximum Gasteiger partial charge on any atom is 0.0468 e. The van der Waals surface area contributed by atoms with Crippen LogP contribution in [0.1, 0.15) is 101 Å². The van der Waals surface area contributed by atoms with Crippen LogP contribution in [0.3, 0.4) is 0 Å². The van der Waals surface area contributed by atoms with E-state index in [1.165, 1.54) is 117 Å². The Labute approximate surface area is 355 Å². The van der Waals surface area contributed by atoms with E-state index < -0.39 is 0 Å². The quantitative estimate of drug-likeness (QED) is 0.101. The number of hydrogen-bond acceptors (Lipinski definition) is 3. The van der Waals surface area contributed by atoms with Gasteiger partial charge in [-0.2, -0.15) is 0 Å². The molecule has 3 heteroatoms. The summed E-state index contributed by atoms with van der Waals surface area (Å²) in [4.78, 5) is 4.83. The molecule has 1 aliphatic rings. The highest BCUT2D eigenvalue weighted by molar-refractivity contribution is 7.25. The lowest BCUT2D eigenvalue weighted by atomic mass is 9.69. The van der Waals surface area contributed by atoms with Crippen molar-refractivity contribution in [3.05, 3.63) is 193 Å². The number of nitrogens with zero attached hydrogens (tertiary/aromatic N) is 2. The largest absolute Gasteiger partial charge is 0.311 e. The minimum Gasteiger partial charge on any atom is -0.311 e. The molecule has 2 nitrogen and oxygen atoms in total. The lowest BCUT2D eigenvalue weighted by Gasteiger charge is -2.36. The number of para-hydroxylation sites is 2. The van der Waals surface area contributed by atoms with E-state index >= 15 is 0 Å². The van der Waals surface area contributed by atoms with E-state index in [2.05, 4.69) is 200 Å². The van der Waals surface area contributed by atoms with Gasteiger partial charge >= 0.3 is 0 Å². The Hall–Kier alpha value is -5.64. The Morgan fingerprint density at radius 3 is 1.54 bits per heavy atom. The predicted octanol–water partition coefficient (Wildman–Crippen LogP) is 17.3. The van der Waals surface area contributed by atoms with Gasteiger partial charge in [0.05, 0.1) is 0 Å².